The van der Waals surface area contributed by atoms with Crippen molar-refractivity contribution in [1.29, 1.82) is 0 Å². The first-order valence-electron chi connectivity index (χ1n) is 18.2. The van der Waals surface area contributed by atoms with E-state index in [0.717, 1.165) is 26.2 Å². The SMILES string of the molecule is Cc1cc(C)c([N+]2=[C-]N(P(C(C)(C)C)C(C)(C)C)CCC2)c(C)c1.Cc1cc(C)c([N+]2=[C-]N(P(C(C)(C)C)C(C)(C)C)CCC2)c(C)c1. The third kappa shape index (κ3) is 10.2. The van der Waals surface area contributed by atoms with Crippen molar-refractivity contribution in [1.82, 2.24) is 9.34 Å². The van der Waals surface area contributed by atoms with Gasteiger partial charge in [-0.1, -0.05) is 168 Å². The average Bonchev–Trinajstić information content (AvgIpc) is 2.85. The van der Waals surface area contributed by atoms with Crippen LogP contribution in [0.15, 0.2) is 24.3 Å². The molecule has 2 aliphatic rings. The Labute approximate surface area is 299 Å². The first-order chi connectivity index (χ1) is 21.8. The van der Waals surface area contributed by atoms with Gasteiger partial charge in [0.05, 0.1) is 42.3 Å². The number of nitrogens with zero attached hydrogens (tertiary/aromatic N) is 4. The molecule has 0 N–H and O–H groups in total. The van der Waals surface area contributed by atoms with E-state index in [1.165, 1.54) is 57.6 Å². The van der Waals surface area contributed by atoms with Crippen molar-refractivity contribution in [2.45, 2.75) is 158 Å². The Morgan fingerprint density at radius 3 is 0.958 bits per heavy atom. The lowest BCUT2D eigenvalue weighted by molar-refractivity contribution is -0.446. The van der Waals surface area contributed by atoms with Gasteiger partial charge >= 0.3 is 0 Å². The second-order valence-electron chi connectivity index (χ2n) is 18.3. The van der Waals surface area contributed by atoms with Gasteiger partial charge in [0.25, 0.3) is 0 Å². The summed E-state index contributed by atoms with van der Waals surface area (Å²) in [5.74, 6) is 0. The molecular formula is C42H70N4P2. The summed E-state index contributed by atoms with van der Waals surface area (Å²) in [5, 5.41) is 1.11. The maximum atomic E-state index is 3.78. The van der Waals surface area contributed by atoms with Crippen LogP contribution in [0.5, 0.6) is 0 Å². The Morgan fingerprint density at radius 2 is 0.729 bits per heavy atom. The van der Waals surface area contributed by atoms with Gasteiger partial charge in [-0.25, -0.2) is 0 Å². The topological polar surface area (TPSA) is 12.5 Å². The van der Waals surface area contributed by atoms with Crippen LogP contribution in [0, 0.1) is 41.5 Å². The molecule has 0 aliphatic carbocycles. The highest BCUT2D eigenvalue weighted by Crippen LogP contribution is 2.62. The van der Waals surface area contributed by atoms with E-state index in [1.54, 1.807) is 0 Å². The molecule has 0 saturated heterocycles. The number of rotatable bonds is 4. The summed E-state index contributed by atoms with van der Waals surface area (Å²) in [7, 11) is -0.646. The quantitative estimate of drug-likeness (QED) is 0.180. The summed E-state index contributed by atoms with van der Waals surface area (Å²) in [5.41, 5.74) is 10.8. The lowest BCUT2D eigenvalue weighted by Gasteiger charge is -2.46. The minimum atomic E-state index is -0.323. The third-order valence-corrected chi connectivity index (χ3v) is 15.4. The minimum absolute atomic E-state index is 0.279. The fraction of sp³-hybridized carbons (Fsp3) is 0.667. The van der Waals surface area contributed by atoms with E-state index >= 15 is 0 Å². The Kier molecular flexibility index (Phi) is 12.9. The van der Waals surface area contributed by atoms with E-state index in [0.29, 0.717) is 0 Å². The molecule has 0 atom stereocenters. The molecule has 0 aromatic heterocycles. The van der Waals surface area contributed by atoms with Gasteiger partial charge in [-0.3, -0.25) is 0 Å². The summed E-state index contributed by atoms with van der Waals surface area (Å²) in [6, 6.07) is 9.16. The molecule has 2 heterocycles. The Hall–Kier alpha value is -1.76. The molecule has 0 spiro atoms. The zero-order valence-corrected chi connectivity index (χ0v) is 36.0. The van der Waals surface area contributed by atoms with E-state index in [4.69, 9.17) is 0 Å². The van der Waals surface area contributed by atoms with Crippen LogP contribution in [0.25, 0.3) is 0 Å². The van der Waals surface area contributed by atoms with Crippen LogP contribution in [-0.2, 0) is 0 Å². The zero-order chi connectivity index (χ0) is 36.6. The maximum absolute atomic E-state index is 3.78. The van der Waals surface area contributed by atoms with E-state index in [1.807, 2.05) is 0 Å². The molecule has 0 amide bonds. The van der Waals surface area contributed by atoms with E-state index in [9.17, 15) is 0 Å². The normalized spacial score (nSPS) is 16.6. The van der Waals surface area contributed by atoms with Crippen molar-refractivity contribution in [3.05, 3.63) is 57.6 Å². The lowest BCUT2D eigenvalue weighted by atomic mass is 10.0. The number of hydrogen-bond acceptors (Lipinski definition) is 2. The fourth-order valence-corrected chi connectivity index (χ4v) is 16.5. The summed E-state index contributed by atoms with van der Waals surface area (Å²) in [4.78, 5) is 0. The van der Waals surface area contributed by atoms with Crippen LogP contribution in [0.2, 0.25) is 0 Å². The lowest BCUT2D eigenvalue weighted by Crippen LogP contribution is -2.40. The molecule has 2 aliphatic heterocycles. The molecule has 0 fully saturated rings. The van der Waals surface area contributed by atoms with Gasteiger partial charge in [0.15, 0.2) is 0 Å². The molecule has 268 valence electrons. The molecule has 2 aromatic rings. The van der Waals surface area contributed by atoms with E-state index in [-0.39, 0.29) is 36.8 Å². The molecule has 48 heavy (non-hydrogen) atoms. The second-order valence-corrected chi connectivity index (χ2v) is 25.8. The zero-order valence-electron chi connectivity index (χ0n) is 34.2. The van der Waals surface area contributed by atoms with Gasteiger partial charge in [-0.05, 0) is 25.2 Å². The molecule has 4 nitrogen and oxygen atoms in total. The smallest absolute Gasteiger partial charge is 0.133 e. The standard InChI is InChI=1S/2C21H35N2P/c2*1-16-13-17(2)19(18(3)14-16)22-11-10-12-23(15-22)24(20(4,5)6)21(7,8)9/h2*13-14H,10-12H2,1-9H3. The third-order valence-electron chi connectivity index (χ3n) is 8.81. The molecule has 4 rings (SSSR count). The molecule has 6 heteroatoms. The molecule has 0 radical (unpaired) electrons. The van der Waals surface area contributed by atoms with Gasteiger partial charge in [-0.2, -0.15) is 0 Å². The molecule has 0 saturated carbocycles. The number of benzene rings is 2. The van der Waals surface area contributed by atoms with Crippen molar-refractivity contribution in [2.24, 2.45) is 0 Å². The summed E-state index contributed by atoms with van der Waals surface area (Å²) in [6.07, 6.45) is 9.96. The van der Waals surface area contributed by atoms with Crippen molar-refractivity contribution in [2.75, 3.05) is 26.2 Å². The Morgan fingerprint density at radius 1 is 0.479 bits per heavy atom. The van der Waals surface area contributed by atoms with Gasteiger partial charge < -0.3 is 18.5 Å². The van der Waals surface area contributed by atoms with Crippen molar-refractivity contribution >= 4 is 40.2 Å². The average molecular weight is 693 g/mol. The predicted molar refractivity (Wildman–Crippen MR) is 216 cm³/mol. The van der Waals surface area contributed by atoms with Crippen molar-refractivity contribution in [3.63, 3.8) is 0 Å². The van der Waals surface area contributed by atoms with Gasteiger partial charge in [-0.15, -0.1) is 0 Å². The molecule has 0 unspecified atom stereocenters. The Bertz CT molecular complexity index is 1300. The Balaban J connectivity index is 0.000000260. The van der Waals surface area contributed by atoms with Crippen LogP contribution in [0.4, 0.5) is 11.4 Å². The van der Waals surface area contributed by atoms with Crippen LogP contribution >= 0.6 is 16.1 Å². The van der Waals surface area contributed by atoms with E-state index in [2.05, 4.69) is 180 Å². The van der Waals surface area contributed by atoms with Gasteiger partial charge in [0, 0.05) is 33.5 Å². The summed E-state index contributed by atoms with van der Waals surface area (Å²) < 4.78 is 9.83. The first-order valence-corrected chi connectivity index (χ1v) is 20.8. The first kappa shape index (κ1) is 40.7. The monoisotopic (exact) mass is 693 g/mol. The molecule has 2 aromatic carbocycles. The van der Waals surface area contributed by atoms with Gasteiger partial charge in [0.2, 0.25) is 0 Å². The molecule has 0 bridgehead atoms. The van der Waals surface area contributed by atoms with E-state index < -0.39 is 0 Å². The van der Waals surface area contributed by atoms with Gasteiger partial charge in [0.1, 0.15) is 12.7 Å². The summed E-state index contributed by atoms with van der Waals surface area (Å²) >= 11 is 0. The van der Waals surface area contributed by atoms with Crippen LogP contribution in [0.3, 0.4) is 0 Å². The fourth-order valence-electron chi connectivity index (χ4n) is 8.51. The van der Waals surface area contributed by atoms with Crippen molar-refractivity contribution < 1.29 is 9.15 Å². The maximum Gasteiger partial charge on any atom is 0.133 e. The number of aryl methyl sites for hydroxylation is 6. The highest BCUT2D eigenvalue weighted by Gasteiger charge is 2.43. The highest BCUT2D eigenvalue weighted by molar-refractivity contribution is 7.59. The largest absolute Gasteiger partial charge is 0.394 e. The summed E-state index contributed by atoms with van der Waals surface area (Å²) in [6.45, 7) is 46.2. The van der Waals surface area contributed by atoms with Crippen LogP contribution in [-0.4, -0.2) is 78.0 Å². The minimum Gasteiger partial charge on any atom is -0.394 e. The highest BCUT2D eigenvalue weighted by atomic mass is 31.1. The molecular weight excluding hydrogens is 622 g/mol. The van der Waals surface area contributed by atoms with Crippen LogP contribution < -0.4 is 0 Å². The number of hydrogen-bond donors (Lipinski definition) is 0. The second kappa shape index (κ2) is 15.2. The van der Waals surface area contributed by atoms with Crippen molar-refractivity contribution in [3.8, 4) is 0 Å². The van der Waals surface area contributed by atoms with Crippen LogP contribution in [0.1, 0.15) is 129 Å². The predicted octanol–water partition coefficient (Wildman–Crippen LogP) is 11.7.